The first kappa shape index (κ1) is 28.4. The standard InChI is InChI=1S/C28H31Cl2N3O4S/c1-28(2,18-34)31-27(35)21-5-4-6-24(15-21)33(38(3,36)37)25-16-32(17-25)26(19-7-11-22(29)12-8-19)20-9-13-23(30)14-10-20/h4-15,25-26,34H,16-18H2,1-3H3,(H,31,35). The van der Waals surface area contributed by atoms with E-state index in [0.717, 1.165) is 11.1 Å². The Morgan fingerprint density at radius 3 is 2.03 bits per heavy atom. The molecule has 1 saturated heterocycles. The zero-order chi connectivity index (χ0) is 27.7. The van der Waals surface area contributed by atoms with E-state index in [0.29, 0.717) is 34.4 Å². The van der Waals surface area contributed by atoms with Gasteiger partial charge in [-0.05, 0) is 67.4 Å². The monoisotopic (exact) mass is 575 g/mol. The predicted molar refractivity (Wildman–Crippen MR) is 153 cm³/mol. The van der Waals surface area contributed by atoms with E-state index >= 15 is 0 Å². The van der Waals surface area contributed by atoms with Crippen LogP contribution in [0, 0.1) is 0 Å². The number of hydrogen-bond donors (Lipinski definition) is 2. The van der Waals surface area contributed by atoms with Gasteiger partial charge in [-0.2, -0.15) is 0 Å². The van der Waals surface area contributed by atoms with E-state index in [2.05, 4.69) is 10.2 Å². The number of nitrogens with zero attached hydrogens (tertiary/aromatic N) is 2. The smallest absolute Gasteiger partial charge is 0.251 e. The highest BCUT2D eigenvalue weighted by Gasteiger charge is 2.41. The summed E-state index contributed by atoms with van der Waals surface area (Å²) < 4.78 is 27.3. The number of sulfonamides is 1. The van der Waals surface area contributed by atoms with Crippen molar-refractivity contribution in [3.63, 3.8) is 0 Å². The average molecular weight is 577 g/mol. The van der Waals surface area contributed by atoms with Crippen molar-refractivity contribution in [3.8, 4) is 0 Å². The molecule has 4 rings (SSSR count). The van der Waals surface area contributed by atoms with Crippen LogP contribution >= 0.6 is 23.2 Å². The lowest BCUT2D eigenvalue weighted by atomic mass is 9.93. The van der Waals surface area contributed by atoms with Crippen molar-refractivity contribution in [2.75, 3.05) is 30.3 Å². The quantitative estimate of drug-likeness (QED) is 0.385. The van der Waals surface area contributed by atoms with Crippen LogP contribution in [0.5, 0.6) is 0 Å². The second-order valence-electron chi connectivity index (χ2n) is 10.2. The van der Waals surface area contributed by atoms with Gasteiger partial charge in [-0.15, -0.1) is 0 Å². The molecule has 0 aliphatic carbocycles. The van der Waals surface area contributed by atoms with Crippen molar-refractivity contribution < 1.29 is 18.3 Å². The molecule has 2 N–H and O–H groups in total. The van der Waals surface area contributed by atoms with Crippen molar-refractivity contribution >= 4 is 44.8 Å². The normalized spacial score (nSPS) is 14.8. The van der Waals surface area contributed by atoms with Gasteiger partial charge in [0.15, 0.2) is 0 Å². The Hall–Kier alpha value is -2.62. The number of carbonyl (C=O) groups is 1. The Balaban J connectivity index is 1.60. The summed E-state index contributed by atoms with van der Waals surface area (Å²) in [4.78, 5) is 15.0. The topological polar surface area (TPSA) is 89.9 Å². The fraction of sp³-hybridized carbons (Fsp3) is 0.321. The summed E-state index contributed by atoms with van der Waals surface area (Å²) in [6.07, 6.45) is 1.17. The summed E-state index contributed by atoms with van der Waals surface area (Å²) in [6.45, 7) is 4.15. The number of nitrogens with one attached hydrogen (secondary N) is 1. The van der Waals surface area contributed by atoms with E-state index in [1.165, 1.54) is 10.6 Å². The first-order valence-electron chi connectivity index (χ1n) is 12.2. The summed E-state index contributed by atoms with van der Waals surface area (Å²) in [5, 5.41) is 13.5. The molecule has 0 radical (unpaired) electrons. The highest BCUT2D eigenvalue weighted by atomic mass is 35.5. The van der Waals surface area contributed by atoms with E-state index in [9.17, 15) is 18.3 Å². The van der Waals surface area contributed by atoms with Crippen LogP contribution < -0.4 is 9.62 Å². The van der Waals surface area contributed by atoms with Crippen molar-refractivity contribution in [3.05, 3.63) is 99.5 Å². The molecule has 1 fully saturated rings. The van der Waals surface area contributed by atoms with Gasteiger partial charge in [-0.3, -0.25) is 14.0 Å². The molecule has 0 unspecified atom stereocenters. The molecule has 0 bridgehead atoms. The number of hydrogen-bond acceptors (Lipinski definition) is 5. The Bertz CT molecular complexity index is 1340. The lowest BCUT2D eigenvalue weighted by Gasteiger charge is -2.48. The highest BCUT2D eigenvalue weighted by Crippen LogP contribution is 2.36. The van der Waals surface area contributed by atoms with E-state index in [1.807, 2.05) is 48.5 Å². The Morgan fingerprint density at radius 2 is 1.55 bits per heavy atom. The Labute approximate surface area is 234 Å². The second kappa shape index (κ2) is 11.2. The first-order chi connectivity index (χ1) is 17.9. The molecule has 0 atom stereocenters. The number of rotatable bonds is 9. The summed E-state index contributed by atoms with van der Waals surface area (Å²) >= 11 is 12.3. The van der Waals surface area contributed by atoms with Crippen LogP contribution in [0.2, 0.25) is 10.0 Å². The van der Waals surface area contributed by atoms with Gasteiger partial charge in [0.1, 0.15) is 0 Å². The van der Waals surface area contributed by atoms with Gasteiger partial charge in [0.2, 0.25) is 10.0 Å². The van der Waals surface area contributed by atoms with Crippen LogP contribution in [-0.4, -0.2) is 61.9 Å². The van der Waals surface area contributed by atoms with Crippen molar-refractivity contribution in [2.45, 2.75) is 31.5 Å². The summed E-state index contributed by atoms with van der Waals surface area (Å²) in [7, 11) is -3.65. The highest BCUT2D eigenvalue weighted by molar-refractivity contribution is 7.92. The maximum absolute atomic E-state index is 13.0. The van der Waals surface area contributed by atoms with Crippen LogP contribution in [-0.2, 0) is 10.0 Å². The molecule has 0 spiro atoms. The molecule has 1 aliphatic rings. The van der Waals surface area contributed by atoms with Crippen LogP contribution in [0.25, 0.3) is 0 Å². The number of aliphatic hydroxyl groups excluding tert-OH is 1. The number of benzene rings is 3. The Kier molecular flexibility index (Phi) is 8.40. The maximum Gasteiger partial charge on any atom is 0.251 e. The second-order valence-corrected chi connectivity index (χ2v) is 13.0. The lowest BCUT2D eigenvalue weighted by Crippen LogP contribution is -2.61. The average Bonchev–Trinajstić information content (AvgIpc) is 2.83. The van der Waals surface area contributed by atoms with Gasteiger partial charge in [0.05, 0.1) is 36.2 Å². The van der Waals surface area contributed by atoms with Crippen LogP contribution in [0.15, 0.2) is 72.8 Å². The van der Waals surface area contributed by atoms with Gasteiger partial charge < -0.3 is 10.4 Å². The molecule has 0 saturated carbocycles. The van der Waals surface area contributed by atoms with E-state index in [-0.39, 0.29) is 24.6 Å². The predicted octanol–water partition coefficient (Wildman–Crippen LogP) is 4.73. The SMILES string of the molecule is CC(C)(CO)NC(=O)c1cccc(N(C2CN(C(c3ccc(Cl)cc3)c3ccc(Cl)cc3)C2)S(C)(=O)=O)c1. The minimum Gasteiger partial charge on any atom is -0.394 e. The molecule has 1 aliphatic heterocycles. The van der Waals surface area contributed by atoms with E-state index in [1.54, 1.807) is 38.1 Å². The number of amides is 1. The van der Waals surface area contributed by atoms with Crippen molar-refractivity contribution in [1.82, 2.24) is 10.2 Å². The molecule has 1 heterocycles. The minimum atomic E-state index is -3.65. The molecule has 0 aromatic heterocycles. The van der Waals surface area contributed by atoms with Gasteiger partial charge in [-0.25, -0.2) is 8.42 Å². The molecule has 1 amide bonds. The van der Waals surface area contributed by atoms with Crippen molar-refractivity contribution in [2.24, 2.45) is 0 Å². The molecule has 3 aromatic rings. The molecular formula is C28H31Cl2N3O4S. The van der Waals surface area contributed by atoms with E-state index < -0.39 is 15.6 Å². The fourth-order valence-electron chi connectivity index (χ4n) is 4.63. The number of likely N-dealkylation sites (tertiary alicyclic amines) is 1. The molecule has 3 aromatic carbocycles. The van der Waals surface area contributed by atoms with E-state index in [4.69, 9.17) is 23.2 Å². The zero-order valence-electron chi connectivity index (χ0n) is 21.4. The third-order valence-corrected chi connectivity index (χ3v) is 8.25. The Morgan fingerprint density at radius 1 is 1.03 bits per heavy atom. The third kappa shape index (κ3) is 6.50. The van der Waals surface area contributed by atoms with Crippen LogP contribution in [0.3, 0.4) is 0 Å². The zero-order valence-corrected chi connectivity index (χ0v) is 23.8. The molecule has 38 heavy (non-hydrogen) atoms. The molecular weight excluding hydrogens is 545 g/mol. The summed E-state index contributed by atoms with van der Waals surface area (Å²) in [6, 6.07) is 21.4. The minimum absolute atomic E-state index is 0.111. The number of carbonyl (C=O) groups excluding carboxylic acids is 1. The molecule has 7 nitrogen and oxygen atoms in total. The van der Waals surface area contributed by atoms with Gasteiger partial charge in [0, 0.05) is 28.7 Å². The first-order valence-corrected chi connectivity index (χ1v) is 14.8. The summed E-state index contributed by atoms with van der Waals surface area (Å²) in [5.74, 6) is -0.389. The third-order valence-electron chi connectivity index (χ3n) is 6.53. The van der Waals surface area contributed by atoms with Crippen molar-refractivity contribution in [1.29, 1.82) is 0 Å². The van der Waals surface area contributed by atoms with Crippen LogP contribution in [0.4, 0.5) is 5.69 Å². The summed E-state index contributed by atoms with van der Waals surface area (Å²) in [5.41, 5.74) is 1.99. The molecule has 10 heteroatoms. The van der Waals surface area contributed by atoms with Gasteiger partial charge in [0.25, 0.3) is 5.91 Å². The number of anilines is 1. The fourth-order valence-corrected chi connectivity index (χ4v) is 6.05. The lowest BCUT2D eigenvalue weighted by molar-refractivity contribution is 0.0869. The molecule has 202 valence electrons. The van der Waals surface area contributed by atoms with Gasteiger partial charge in [-0.1, -0.05) is 53.5 Å². The maximum atomic E-state index is 13.0. The number of aliphatic hydroxyl groups is 1. The van der Waals surface area contributed by atoms with Gasteiger partial charge >= 0.3 is 0 Å². The largest absolute Gasteiger partial charge is 0.394 e. The van der Waals surface area contributed by atoms with Crippen LogP contribution in [0.1, 0.15) is 41.4 Å². The number of halogens is 2.